The second kappa shape index (κ2) is 9.05. The van der Waals surface area contributed by atoms with Crippen LogP contribution in [0.3, 0.4) is 0 Å². The second-order valence-corrected chi connectivity index (χ2v) is 7.92. The first-order chi connectivity index (χ1) is 14.1. The zero-order valence-electron chi connectivity index (χ0n) is 16.6. The molecule has 7 heteroatoms. The van der Waals surface area contributed by atoms with Crippen molar-refractivity contribution in [2.24, 2.45) is 0 Å². The van der Waals surface area contributed by atoms with E-state index in [0.29, 0.717) is 18.7 Å². The van der Waals surface area contributed by atoms with Crippen molar-refractivity contribution in [3.63, 3.8) is 0 Å². The van der Waals surface area contributed by atoms with Crippen molar-refractivity contribution in [1.29, 1.82) is 0 Å². The number of fused-ring (bicyclic) bond motifs is 1. The van der Waals surface area contributed by atoms with Gasteiger partial charge in [-0.3, -0.25) is 9.69 Å². The first-order valence-corrected chi connectivity index (χ1v) is 10.4. The van der Waals surface area contributed by atoms with Crippen LogP contribution in [0.25, 0.3) is 0 Å². The molecule has 5 nitrogen and oxygen atoms in total. The number of hydrogen-bond donors (Lipinski definition) is 1. The zero-order valence-corrected chi connectivity index (χ0v) is 16.6. The maximum absolute atomic E-state index is 14.6. The molecule has 1 saturated heterocycles. The Kier molecular flexibility index (Phi) is 6.25. The van der Waals surface area contributed by atoms with Crippen LogP contribution in [0.15, 0.2) is 36.5 Å². The van der Waals surface area contributed by atoms with E-state index in [1.807, 2.05) is 23.2 Å². The lowest BCUT2D eigenvalue weighted by atomic mass is 9.99. The first kappa shape index (κ1) is 20.0. The molecule has 0 saturated carbocycles. The number of likely N-dealkylation sites (tertiary alicyclic amines) is 1. The van der Waals surface area contributed by atoms with Crippen molar-refractivity contribution < 1.29 is 13.6 Å². The summed E-state index contributed by atoms with van der Waals surface area (Å²) in [7, 11) is 0. The molecule has 4 rings (SSSR count). The summed E-state index contributed by atoms with van der Waals surface area (Å²) in [6.45, 7) is 5.25. The van der Waals surface area contributed by atoms with Gasteiger partial charge in [-0.1, -0.05) is 12.5 Å². The Balaban J connectivity index is 1.43. The fourth-order valence-electron chi connectivity index (χ4n) is 4.46. The van der Waals surface area contributed by atoms with Crippen molar-refractivity contribution in [3.8, 4) is 0 Å². The molecule has 1 N–H and O–H groups in total. The third-order valence-electron chi connectivity index (χ3n) is 5.94. The van der Waals surface area contributed by atoms with E-state index in [9.17, 15) is 13.6 Å². The van der Waals surface area contributed by atoms with Crippen LogP contribution in [-0.2, 0) is 11.3 Å². The molecule has 1 atom stereocenters. The van der Waals surface area contributed by atoms with Crippen molar-refractivity contribution in [3.05, 3.63) is 59.4 Å². The van der Waals surface area contributed by atoms with Crippen LogP contribution in [0.5, 0.6) is 0 Å². The molecule has 1 unspecified atom stereocenters. The Morgan fingerprint density at radius 3 is 2.69 bits per heavy atom. The van der Waals surface area contributed by atoms with E-state index in [-0.39, 0.29) is 12.5 Å². The van der Waals surface area contributed by atoms with Crippen molar-refractivity contribution >= 4 is 5.91 Å². The van der Waals surface area contributed by atoms with Gasteiger partial charge in [-0.05, 0) is 44.1 Å². The van der Waals surface area contributed by atoms with Gasteiger partial charge in [0.25, 0.3) is 0 Å². The average Bonchev–Trinajstić information content (AvgIpc) is 3.18. The minimum absolute atomic E-state index is 0.0606. The Labute approximate surface area is 170 Å². The molecule has 156 valence electrons. The summed E-state index contributed by atoms with van der Waals surface area (Å²) in [5.74, 6) is -1.24. The Bertz CT molecular complexity index is 847. The molecule has 1 aromatic heterocycles. The number of nitrogens with zero attached hydrogens (tertiary/aromatic N) is 3. The molecule has 2 aliphatic rings. The number of benzene rings is 1. The molecule has 0 radical (unpaired) electrons. The zero-order chi connectivity index (χ0) is 20.2. The van der Waals surface area contributed by atoms with Crippen molar-refractivity contribution in [1.82, 2.24) is 19.7 Å². The van der Waals surface area contributed by atoms with Gasteiger partial charge in [0.1, 0.15) is 11.6 Å². The molecule has 2 aliphatic heterocycles. The minimum atomic E-state index is -0.598. The summed E-state index contributed by atoms with van der Waals surface area (Å²) in [4.78, 5) is 16.9. The van der Waals surface area contributed by atoms with Gasteiger partial charge in [0.2, 0.25) is 5.91 Å². The van der Waals surface area contributed by atoms with Crippen LogP contribution >= 0.6 is 0 Å². The number of carbonyl (C=O) groups excluding carboxylic acids is 1. The van der Waals surface area contributed by atoms with E-state index < -0.39 is 17.7 Å². The van der Waals surface area contributed by atoms with E-state index in [0.717, 1.165) is 37.9 Å². The van der Waals surface area contributed by atoms with E-state index in [1.54, 1.807) is 0 Å². The summed E-state index contributed by atoms with van der Waals surface area (Å²) in [5.41, 5.74) is 1.31. The standard InChI is InChI=1S/C22H28F2N4O/c23-17-6-7-18(19(24)15-17)22-20-5-4-11-27(20)13-14-28(22)16-21(29)25-8-12-26-9-2-1-3-10-26/h4-7,11,15,22H,1-3,8-10,12-14,16H2,(H,25,29). The van der Waals surface area contributed by atoms with Crippen molar-refractivity contribution in [2.75, 3.05) is 39.3 Å². The number of carbonyl (C=O) groups is 1. The predicted molar refractivity (Wildman–Crippen MR) is 108 cm³/mol. The Morgan fingerprint density at radius 1 is 1.07 bits per heavy atom. The molecule has 3 heterocycles. The second-order valence-electron chi connectivity index (χ2n) is 7.92. The third-order valence-corrected chi connectivity index (χ3v) is 5.94. The molecule has 0 bridgehead atoms. The topological polar surface area (TPSA) is 40.5 Å². The van der Waals surface area contributed by atoms with Gasteiger partial charge in [-0.25, -0.2) is 8.78 Å². The fourth-order valence-corrected chi connectivity index (χ4v) is 4.46. The molecular weight excluding hydrogens is 374 g/mol. The number of aromatic nitrogens is 1. The molecule has 1 fully saturated rings. The van der Waals surface area contributed by atoms with Crippen LogP contribution in [0.2, 0.25) is 0 Å². The largest absolute Gasteiger partial charge is 0.354 e. The maximum atomic E-state index is 14.6. The number of piperidine rings is 1. The molecule has 1 amide bonds. The number of rotatable bonds is 6. The SMILES string of the molecule is O=C(CN1CCn2cccc2C1c1ccc(F)cc1F)NCCN1CCCCC1. The predicted octanol–water partition coefficient (Wildman–Crippen LogP) is 2.77. The number of amides is 1. The highest BCUT2D eigenvalue weighted by atomic mass is 19.1. The number of nitrogens with one attached hydrogen (secondary N) is 1. The van der Waals surface area contributed by atoms with Gasteiger partial charge < -0.3 is 14.8 Å². The van der Waals surface area contributed by atoms with Crippen LogP contribution in [0, 0.1) is 11.6 Å². The highest BCUT2D eigenvalue weighted by molar-refractivity contribution is 5.78. The smallest absolute Gasteiger partial charge is 0.234 e. The van der Waals surface area contributed by atoms with Gasteiger partial charge in [0.15, 0.2) is 0 Å². The van der Waals surface area contributed by atoms with E-state index in [4.69, 9.17) is 0 Å². The summed E-state index contributed by atoms with van der Waals surface area (Å²) in [5, 5.41) is 3.01. The molecular formula is C22H28F2N4O. The van der Waals surface area contributed by atoms with Crippen molar-refractivity contribution in [2.45, 2.75) is 31.8 Å². The van der Waals surface area contributed by atoms with Crippen LogP contribution in [-0.4, -0.2) is 59.5 Å². The lowest BCUT2D eigenvalue weighted by Crippen LogP contribution is -2.46. The van der Waals surface area contributed by atoms with Gasteiger partial charge in [-0.15, -0.1) is 0 Å². The molecule has 29 heavy (non-hydrogen) atoms. The monoisotopic (exact) mass is 402 g/mol. The van der Waals surface area contributed by atoms with Crippen LogP contribution < -0.4 is 5.32 Å². The quantitative estimate of drug-likeness (QED) is 0.808. The number of halogens is 2. The van der Waals surface area contributed by atoms with Crippen LogP contribution in [0.1, 0.15) is 36.6 Å². The van der Waals surface area contributed by atoms with E-state index >= 15 is 0 Å². The summed E-state index contributed by atoms with van der Waals surface area (Å²) in [6.07, 6.45) is 5.71. The summed E-state index contributed by atoms with van der Waals surface area (Å²) >= 11 is 0. The molecule has 0 spiro atoms. The van der Waals surface area contributed by atoms with Gasteiger partial charge in [0.05, 0.1) is 12.6 Å². The van der Waals surface area contributed by atoms with E-state index in [1.165, 1.54) is 31.4 Å². The maximum Gasteiger partial charge on any atom is 0.234 e. The van der Waals surface area contributed by atoms with E-state index in [2.05, 4.69) is 14.8 Å². The molecule has 2 aromatic rings. The lowest BCUT2D eigenvalue weighted by molar-refractivity contribution is -0.123. The van der Waals surface area contributed by atoms with Gasteiger partial charge in [-0.2, -0.15) is 0 Å². The highest BCUT2D eigenvalue weighted by Gasteiger charge is 2.32. The Morgan fingerprint density at radius 2 is 1.90 bits per heavy atom. The highest BCUT2D eigenvalue weighted by Crippen LogP contribution is 2.33. The van der Waals surface area contributed by atoms with Gasteiger partial charge >= 0.3 is 0 Å². The first-order valence-electron chi connectivity index (χ1n) is 10.4. The third kappa shape index (κ3) is 4.67. The fraction of sp³-hybridized carbons (Fsp3) is 0.500. The summed E-state index contributed by atoms with van der Waals surface area (Å²) in [6, 6.07) is 7.12. The lowest BCUT2D eigenvalue weighted by Gasteiger charge is -2.37. The average molecular weight is 402 g/mol. The minimum Gasteiger partial charge on any atom is -0.354 e. The normalized spacial score (nSPS) is 20.4. The van der Waals surface area contributed by atoms with Gasteiger partial charge in [0, 0.05) is 49.7 Å². The molecule has 1 aromatic carbocycles. The molecule has 0 aliphatic carbocycles. The van der Waals surface area contributed by atoms with Crippen LogP contribution in [0.4, 0.5) is 8.78 Å². The summed E-state index contributed by atoms with van der Waals surface area (Å²) < 4.78 is 30.1. The number of hydrogen-bond acceptors (Lipinski definition) is 3. The Hall–Kier alpha value is -2.25.